The number of nitrogens with two attached hydrogens (primary N) is 1. The Morgan fingerprint density at radius 3 is 2.59 bits per heavy atom. The van der Waals surface area contributed by atoms with E-state index in [0.29, 0.717) is 28.9 Å². The molecule has 0 spiro atoms. The van der Waals surface area contributed by atoms with E-state index >= 15 is 0 Å². The number of fused-ring (bicyclic) bond motifs is 2. The summed E-state index contributed by atoms with van der Waals surface area (Å²) in [4.78, 5) is 9.82. The molecular formula is C34H38N6O3S. The van der Waals surface area contributed by atoms with Gasteiger partial charge >= 0.3 is 0 Å². The minimum Gasteiger partial charge on any atom is -0.497 e. The number of anilines is 2. The molecule has 0 amide bonds. The van der Waals surface area contributed by atoms with Gasteiger partial charge in [-0.1, -0.05) is 56.3 Å². The van der Waals surface area contributed by atoms with Gasteiger partial charge in [-0.3, -0.25) is 9.12 Å². The van der Waals surface area contributed by atoms with Crippen LogP contribution in [0.3, 0.4) is 0 Å². The van der Waals surface area contributed by atoms with E-state index in [0.717, 1.165) is 58.3 Å². The lowest BCUT2D eigenvalue weighted by Crippen LogP contribution is -2.26. The Morgan fingerprint density at radius 2 is 1.89 bits per heavy atom. The fourth-order valence-corrected chi connectivity index (χ4v) is 7.28. The van der Waals surface area contributed by atoms with Crippen molar-refractivity contribution in [1.29, 1.82) is 0 Å². The molecule has 4 N–H and O–H groups in total. The largest absolute Gasteiger partial charge is 0.497 e. The first-order valence-electron chi connectivity index (χ1n) is 14.9. The zero-order valence-corrected chi connectivity index (χ0v) is 26.3. The number of hydrogen-bond donors (Lipinski definition) is 3. The van der Waals surface area contributed by atoms with E-state index in [1.807, 2.05) is 43.6 Å². The Bertz CT molecular complexity index is 2000. The first-order valence-corrected chi connectivity index (χ1v) is 16.5. The van der Waals surface area contributed by atoms with Gasteiger partial charge in [0.2, 0.25) is 10.0 Å². The number of methoxy groups -OCH3 is 1. The van der Waals surface area contributed by atoms with Crippen LogP contribution in [-0.2, 0) is 15.8 Å². The van der Waals surface area contributed by atoms with Gasteiger partial charge in [0, 0.05) is 22.9 Å². The average Bonchev–Trinajstić information content (AvgIpc) is 3.43. The molecule has 0 fully saturated rings. The van der Waals surface area contributed by atoms with Crippen molar-refractivity contribution in [2.45, 2.75) is 50.8 Å². The number of benzene rings is 3. The van der Waals surface area contributed by atoms with Crippen molar-refractivity contribution in [1.82, 2.24) is 19.7 Å². The second-order valence-corrected chi connectivity index (χ2v) is 13.3. The third kappa shape index (κ3) is 5.62. The van der Waals surface area contributed by atoms with Crippen LogP contribution >= 0.6 is 0 Å². The average molecular weight is 611 g/mol. The van der Waals surface area contributed by atoms with Crippen LogP contribution in [0.5, 0.6) is 5.75 Å². The molecule has 44 heavy (non-hydrogen) atoms. The van der Waals surface area contributed by atoms with Gasteiger partial charge in [-0.15, -0.1) is 0 Å². The second-order valence-electron chi connectivity index (χ2n) is 11.6. The standard InChI is InChI=1S/C34H38N6O3S/c1-21(2)34-38-31(32-33(35)37-19-30(40(32)34)23-12-14-24(36-3)15-13-23)28-16-17-29(27-11-6-5-10-26(27)28)39-44(41,42)20-22-8-7-9-25(18-22)43-4/h5-12,16-19,21,24,36,39H,13-15,20H2,1-4H3,(H2,35,37). The molecule has 228 valence electrons. The number of sulfonamides is 1. The highest BCUT2D eigenvalue weighted by molar-refractivity contribution is 7.91. The summed E-state index contributed by atoms with van der Waals surface area (Å²) in [5.41, 5.74) is 12.3. The van der Waals surface area contributed by atoms with Crippen molar-refractivity contribution in [2.24, 2.45) is 0 Å². The smallest absolute Gasteiger partial charge is 0.236 e. The highest BCUT2D eigenvalue weighted by atomic mass is 32.2. The predicted molar refractivity (Wildman–Crippen MR) is 178 cm³/mol. The SMILES string of the molecule is CNC1CC=C(c2cnc(N)c3c(-c4ccc(NS(=O)(=O)Cc5cccc(OC)c5)c5ccccc45)nc(C(C)C)n23)CC1. The van der Waals surface area contributed by atoms with Gasteiger partial charge in [0.05, 0.1) is 30.4 Å². The number of aromatic nitrogens is 3. The minimum absolute atomic E-state index is 0.125. The van der Waals surface area contributed by atoms with Crippen molar-refractivity contribution in [3.05, 3.63) is 90.0 Å². The molecule has 0 saturated carbocycles. The maximum absolute atomic E-state index is 13.3. The van der Waals surface area contributed by atoms with Gasteiger partial charge in [0.25, 0.3) is 0 Å². The summed E-state index contributed by atoms with van der Waals surface area (Å²) in [7, 11) is -0.154. The lowest BCUT2D eigenvalue weighted by Gasteiger charge is -2.22. The number of nitrogen functional groups attached to an aromatic ring is 1. The minimum atomic E-state index is -3.72. The Kier molecular flexibility index (Phi) is 8.04. The first kappa shape index (κ1) is 29.7. The van der Waals surface area contributed by atoms with Crippen LogP contribution in [0.15, 0.2) is 72.9 Å². The highest BCUT2D eigenvalue weighted by Crippen LogP contribution is 2.40. The van der Waals surface area contributed by atoms with Crippen molar-refractivity contribution < 1.29 is 13.2 Å². The van der Waals surface area contributed by atoms with E-state index in [1.54, 1.807) is 37.4 Å². The number of hydrogen-bond acceptors (Lipinski definition) is 7. The third-order valence-electron chi connectivity index (χ3n) is 8.31. The number of ether oxygens (including phenoxy) is 1. The van der Waals surface area contributed by atoms with Gasteiger partial charge in [-0.05, 0) is 67.1 Å². The Morgan fingerprint density at radius 1 is 1.09 bits per heavy atom. The van der Waals surface area contributed by atoms with Crippen LogP contribution in [0, 0.1) is 0 Å². The monoisotopic (exact) mass is 610 g/mol. The molecule has 1 unspecified atom stereocenters. The molecule has 1 atom stereocenters. The fraction of sp³-hybridized carbons (Fsp3) is 0.294. The van der Waals surface area contributed by atoms with Crippen LogP contribution in [-0.4, -0.2) is 43.0 Å². The summed E-state index contributed by atoms with van der Waals surface area (Å²) in [5, 5.41) is 5.01. The molecule has 10 heteroatoms. The number of rotatable bonds is 9. The van der Waals surface area contributed by atoms with Crippen molar-refractivity contribution in [3.63, 3.8) is 0 Å². The number of nitrogens with zero attached hydrogens (tertiary/aromatic N) is 3. The number of nitrogens with one attached hydrogen (secondary N) is 2. The lowest BCUT2D eigenvalue weighted by molar-refractivity contribution is 0.414. The summed E-state index contributed by atoms with van der Waals surface area (Å²) < 4.78 is 36.8. The van der Waals surface area contributed by atoms with Crippen LogP contribution < -0.4 is 20.5 Å². The summed E-state index contributed by atoms with van der Waals surface area (Å²) in [6, 6.07) is 19.0. The molecule has 6 rings (SSSR count). The van der Waals surface area contributed by atoms with Crippen LogP contribution in [0.4, 0.5) is 11.5 Å². The van der Waals surface area contributed by atoms with Crippen LogP contribution in [0.25, 0.3) is 33.1 Å². The van der Waals surface area contributed by atoms with Crippen molar-refractivity contribution >= 4 is 43.4 Å². The summed E-state index contributed by atoms with van der Waals surface area (Å²) >= 11 is 0. The Balaban J connectivity index is 1.46. The highest BCUT2D eigenvalue weighted by Gasteiger charge is 2.25. The predicted octanol–water partition coefficient (Wildman–Crippen LogP) is 6.36. The quantitative estimate of drug-likeness (QED) is 0.177. The van der Waals surface area contributed by atoms with Gasteiger partial charge in [-0.25, -0.2) is 18.4 Å². The molecule has 2 heterocycles. The molecular weight excluding hydrogens is 572 g/mol. The van der Waals surface area contributed by atoms with Crippen LogP contribution in [0.1, 0.15) is 56.1 Å². The molecule has 0 radical (unpaired) electrons. The van der Waals surface area contributed by atoms with E-state index in [2.05, 4.69) is 39.3 Å². The molecule has 5 aromatic rings. The van der Waals surface area contributed by atoms with Crippen LogP contribution in [0.2, 0.25) is 0 Å². The summed E-state index contributed by atoms with van der Waals surface area (Å²) in [6.45, 7) is 4.26. The van der Waals surface area contributed by atoms with E-state index in [4.69, 9.17) is 15.5 Å². The Hall–Kier alpha value is -4.41. The van der Waals surface area contributed by atoms with E-state index in [9.17, 15) is 8.42 Å². The van der Waals surface area contributed by atoms with E-state index in [-0.39, 0.29) is 11.7 Å². The number of imidazole rings is 1. The van der Waals surface area contributed by atoms with Crippen molar-refractivity contribution in [3.8, 4) is 17.0 Å². The van der Waals surface area contributed by atoms with E-state index < -0.39 is 10.0 Å². The topological polar surface area (TPSA) is 124 Å². The zero-order valence-electron chi connectivity index (χ0n) is 25.5. The summed E-state index contributed by atoms with van der Waals surface area (Å²) in [6.07, 6.45) is 7.10. The summed E-state index contributed by atoms with van der Waals surface area (Å²) in [5.74, 6) is 1.86. The van der Waals surface area contributed by atoms with Crippen molar-refractivity contribution in [2.75, 3.05) is 24.6 Å². The van der Waals surface area contributed by atoms with Gasteiger partial charge in [0.15, 0.2) is 0 Å². The molecule has 0 saturated heterocycles. The van der Waals surface area contributed by atoms with Gasteiger partial charge < -0.3 is 15.8 Å². The van der Waals surface area contributed by atoms with Gasteiger partial charge in [-0.2, -0.15) is 0 Å². The zero-order chi connectivity index (χ0) is 31.0. The normalized spacial score (nSPS) is 15.6. The molecule has 0 bridgehead atoms. The Labute approximate surface area is 258 Å². The van der Waals surface area contributed by atoms with E-state index in [1.165, 1.54) is 5.57 Å². The maximum atomic E-state index is 13.3. The third-order valence-corrected chi connectivity index (χ3v) is 9.56. The second kappa shape index (κ2) is 11.9. The molecule has 0 aliphatic heterocycles. The van der Waals surface area contributed by atoms with Gasteiger partial charge in [0.1, 0.15) is 28.6 Å². The first-order chi connectivity index (χ1) is 21.2. The maximum Gasteiger partial charge on any atom is 0.236 e. The molecule has 1 aliphatic carbocycles. The molecule has 1 aliphatic rings. The lowest BCUT2D eigenvalue weighted by atomic mass is 9.93. The fourth-order valence-electron chi connectivity index (χ4n) is 6.08. The molecule has 9 nitrogen and oxygen atoms in total. The molecule has 3 aromatic carbocycles. The number of allylic oxidation sites excluding steroid dienone is 1. The molecule has 2 aromatic heterocycles.